The maximum atomic E-state index is 10.5. The van der Waals surface area contributed by atoms with Crippen molar-refractivity contribution in [2.45, 2.75) is 39.4 Å². The van der Waals surface area contributed by atoms with Crippen molar-refractivity contribution in [1.29, 1.82) is 0 Å². The highest BCUT2D eigenvalue weighted by atomic mass is 32.1. The minimum atomic E-state index is -0.301. The fourth-order valence-electron chi connectivity index (χ4n) is 1.27. The molecule has 0 radical (unpaired) electrons. The highest BCUT2D eigenvalue weighted by Gasteiger charge is 2.01. The van der Waals surface area contributed by atoms with Gasteiger partial charge in [-0.05, 0) is 6.42 Å². The predicted molar refractivity (Wildman–Crippen MR) is 69.0 cm³/mol. The van der Waals surface area contributed by atoms with Crippen LogP contribution in [0.25, 0.3) is 0 Å². The Balaban J connectivity index is 2.23. The quantitative estimate of drug-likeness (QED) is 0.499. The second kappa shape index (κ2) is 7.29. The summed E-state index contributed by atoms with van der Waals surface area (Å²) in [6, 6.07) is 0.436. The average Bonchev–Trinajstić information content (AvgIpc) is 2.69. The summed E-state index contributed by atoms with van der Waals surface area (Å²) < 4.78 is 1.78. The molecule has 1 heterocycles. The van der Waals surface area contributed by atoms with Crippen LogP contribution in [0.1, 0.15) is 26.0 Å². The van der Waals surface area contributed by atoms with Crippen LogP contribution in [0.4, 0.5) is 4.79 Å². The van der Waals surface area contributed by atoms with Gasteiger partial charge in [-0.25, -0.2) is 0 Å². The maximum absolute atomic E-state index is 10.5. The van der Waals surface area contributed by atoms with E-state index in [4.69, 9.17) is 0 Å². The van der Waals surface area contributed by atoms with E-state index in [0.717, 1.165) is 25.2 Å². The Hall–Kier alpha value is -1.08. The van der Waals surface area contributed by atoms with E-state index in [1.54, 1.807) is 4.68 Å². The fraction of sp³-hybridized carbons (Fsp3) is 0.700. The number of thiol groups is 1. The zero-order chi connectivity index (χ0) is 12.7. The zero-order valence-electron chi connectivity index (χ0n) is 10.2. The summed E-state index contributed by atoms with van der Waals surface area (Å²) in [6.45, 7) is 6.24. The van der Waals surface area contributed by atoms with E-state index in [-0.39, 0.29) is 5.24 Å². The second-order valence-corrected chi connectivity index (χ2v) is 4.50. The summed E-state index contributed by atoms with van der Waals surface area (Å²) in [5, 5.41) is 13.6. The molecule has 0 saturated carbocycles. The van der Waals surface area contributed by atoms with Gasteiger partial charge in [0.1, 0.15) is 0 Å². The number of aromatic nitrogens is 3. The van der Waals surface area contributed by atoms with Crippen molar-refractivity contribution < 1.29 is 4.79 Å². The van der Waals surface area contributed by atoms with Gasteiger partial charge in [-0.3, -0.25) is 9.48 Å². The molecule has 0 aliphatic carbocycles. The molecule has 6 nitrogen and oxygen atoms in total. The van der Waals surface area contributed by atoms with Crippen LogP contribution in [-0.2, 0) is 13.1 Å². The molecule has 1 aromatic rings. The molecule has 96 valence electrons. The molecule has 0 fully saturated rings. The van der Waals surface area contributed by atoms with Crippen molar-refractivity contribution in [3.63, 3.8) is 0 Å². The first-order chi connectivity index (χ1) is 8.08. The molecule has 1 amide bonds. The summed E-state index contributed by atoms with van der Waals surface area (Å²) in [7, 11) is 0. The number of hydrogen-bond donors (Lipinski definition) is 3. The van der Waals surface area contributed by atoms with Gasteiger partial charge in [-0.15, -0.1) is 5.10 Å². The first-order valence-corrected chi connectivity index (χ1v) is 6.12. The molecule has 1 aromatic heterocycles. The number of carbonyl (C=O) groups is 1. The van der Waals surface area contributed by atoms with E-state index in [9.17, 15) is 4.79 Å². The molecule has 0 aliphatic rings. The Bertz CT molecular complexity index is 352. The van der Waals surface area contributed by atoms with Gasteiger partial charge in [0.25, 0.3) is 5.24 Å². The van der Waals surface area contributed by atoms with E-state index in [2.05, 4.69) is 47.4 Å². The van der Waals surface area contributed by atoms with Gasteiger partial charge in [-0.2, -0.15) is 0 Å². The van der Waals surface area contributed by atoms with E-state index >= 15 is 0 Å². The van der Waals surface area contributed by atoms with Crippen molar-refractivity contribution in [2.24, 2.45) is 0 Å². The molecule has 0 saturated heterocycles. The van der Waals surface area contributed by atoms with E-state index in [1.807, 2.05) is 6.20 Å². The highest BCUT2D eigenvalue weighted by Crippen LogP contribution is 1.95. The number of aryl methyl sites for hydroxylation is 1. The highest BCUT2D eigenvalue weighted by molar-refractivity contribution is 7.96. The van der Waals surface area contributed by atoms with Crippen LogP contribution in [0.2, 0.25) is 0 Å². The van der Waals surface area contributed by atoms with E-state index < -0.39 is 0 Å². The Morgan fingerprint density at radius 1 is 1.59 bits per heavy atom. The molecule has 17 heavy (non-hydrogen) atoms. The van der Waals surface area contributed by atoms with Crippen molar-refractivity contribution in [1.82, 2.24) is 25.6 Å². The van der Waals surface area contributed by atoms with Crippen molar-refractivity contribution in [2.75, 3.05) is 6.54 Å². The van der Waals surface area contributed by atoms with Crippen LogP contribution in [0.3, 0.4) is 0 Å². The SMILES string of the molecule is CC(C)NCc1cn(CCCNC(=O)S)nn1. The summed E-state index contributed by atoms with van der Waals surface area (Å²) in [5.74, 6) is 0. The van der Waals surface area contributed by atoms with Crippen LogP contribution >= 0.6 is 12.6 Å². The second-order valence-electron chi connectivity index (χ2n) is 4.09. The average molecular weight is 257 g/mol. The van der Waals surface area contributed by atoms with Crippen LogP contribution in [0.5, 0.6) is 0 Å². The molecule has 0 spiro atoms. The third kappa shape index (κ3) is 6.28. The minimum absolute atomic E-state index is 0.301. The minimum Gasteiger partial charge on any atom is -0.347 e. The third-order valence-corrected chi connectivity index (χ3v) is 2.28. The fourth-order valence-corrected chi connectivity index (χ4v) is 1.39. The summed E-state index contributed by atoms with van der Waals surface area (Å²) >= 11 is 3.62. The normalized spacial score (nSPS) is 10.8. The largest absolute Gasteiger partial charge is 0.347 e. The molecule has 0 bridgehead atoms. The summed E-state index contributed by atoms with van der Waals surface area (Å²) in [4.78, 5) is 10.5. The lowest BCUT2D eigenvalue weighted by atomic mass is 10.3. The van der Waals surface area contributed by atoms with Gasteiger partial charge in [-0.1, -0.05) is 31.7 Å². The van der Waals surface area contributed by atoms with Gasteiger partial charge in [0, 0.05) is 31.9 Å². The maximum Gasteiger partial charge on any atom is 0.275 e. The standard InChI is InChI=1S/C10H19N5OS/c1-8(2)12-6-9-7-15(14-13-9)5-3-4-11-10(16)17/h7-8,12H,3-6H2,1-2H3,(H2,11,16,17). The molecule has 1 rings (SSSR count). The molecule has 0 aliphatic heterocycles. The summed E-state index contributed by atoms with van der Waals surface area (Å²) in [6.07, 6.45) is 2.73. The molecule has 0 atom stereocenters. The monoisotopic (exact) mass is 257 g/mol. The lowest BCUT2D eigenvalue weighted by Gasteiger charge is -2.04. The van der Waals surface area contributed by atoms with Gasteiger partial charge in [0.05, 0.1) is 5.69 Å². The Morgan fingerprint density at radius 3 is 3.00 bits per heavy atom. The number of nitrogens with zero attached hydrogens (tertiary/aromatic N) is 3. The van der Waals surface area contributed by atoms with Crippen LogP contribution < -0.4 is 10.6 Å². The third-order valence-electron chi connectivity index (χ3n) is 2.12. The Labute approximate surface area is 107 Å². The smallest absolute Gasteiger partial charge is 0.275 e. The van der Waals surface area contributed by atoms with E-state index in [0.29, 0.717) is 12.6 Å². The van der Waals surface area contributed by atoms with Gasteiger partial charge >= 0.3 is 0 Å². The van der Waals surface area contributed by atoms with Crippen LogP contribution in [0, 0.1) is 0 Å². The van der Waals surface area contributed by atoms with Crippen molar-refractivity contribution in [3.8, 4) is 0 Å². The first kappa shape index (κ1) is 14.0. The number of carbonyl (C=O) groups excluding carboxylic acids is 1. The number of rotatable bonds is 7. The lowest BCUT2D eigenvalue weighted by molar-refractivity contribution is 0.260. The number of nitrogens with one attached hydrogen (secondary N) is 2. The Morgan fingerprint density at radius 2 is 2.35 bits per heavy atom. The van der Waals surface area contributed by atoms with Crippen LogP contribution in [0.15, 0.2) is 6.20 Å². The molecule has 0 aromatic carbocycles. The van der Waals surface area contributed by atoms with Crippen molar-refractivity contribution >= 4 is 17.9 Å². The van der Waals surface area contributed by atoms with Gasteiger partial charge in [0.15, 0.2) is 0 Å². The van der Waals surface area contributed by atoms with Gasteiger partial charge in [0.2, 0.25) is 0 Å². The molecular weight excluding hydrogens is 238 g/mol. The molecule has 7 heteroatoms. The zero-order valence-corrected chi connectivity index (χ0v) is 11.1. The number of hydrogen-bond acceptors (Lipinski definition) is 4. The van der Waals surface area contributed by atoms with E-state index in [1.165, 1.54) is 0 Å². The van der Waals surface area contributed by atoms with Crippen LogP contribution in [-0.4, -0.2) is 32.8 Å². The summed E-state index contributed by atoms with van der Waals surface area (Å²) in [5.41, 5.74) is 0.928. The van der Waals surface area contributed by atoms with Gasteiger partial charge < -0.3 is 10.6 Å². The molecule has 0 unspecified atom stereocenters. The molecular formula is C10H19N5OS. The predicted octanol–water partition coefficient (Wildman–Crippen LogP) is 0.806. The topological polar surface area (TPSA) is 71.8 Å². The Kier molecular flexibility index (Phi) is 5.99. The number of amides is 1. The molecule has 2 N–H and O–H groups in total. The lowest BCUT2D eigenvalue weighted by Crippen LogP contribution is -2.22. The van der Waals surface area contributed by atoms with Crippen molar-refractivity contribution in [3.05, 3.63) is 11.9 Å². The first-order valence-electron chi connectivity index (χ1n) is 5.67.